The van der Waals surface area contributed by atoms with Gasteiger partial charge in [-0.15, -0.1) is 0 Å². The van der Waals surface area contributed by atoms with Crippen molar-refractivity contribution < 1.29 is 9.90 Å². The van der Waals surface area contributed by atoms with Crippen molar-refractivity contribution in [3.63, 3.8) is 0 Å². The van der Waals surface area contributed by atoms with Crippen LogP contribution in [0.4, 0.5) is 5.69 Å². The maximum Gasteiger partial charge on any atom is 0.244 e. The Morgan fingerprint density at radius 3 is 2.65 bits per heavy atom. The number of carbonyl (C=O) groups is 1. The number of aromatic hydroxyl groups is 1. The molecule has 0 saturated heterocycles. The van der Waals surface area contributed by atoms with Gasteiger partial charge in [-0.1, -0.05) is 18.9 Å². The summed E-state index contributed by atoms with van der Waals surface area (Å²) in [7, 11) is 0. The summed E-state index contributed by atoms with van der Waals surface area (Å²) in [6, 6.07) is 5.08. The van der Waals surface area contributed by atoms with Gasteiger partial charge in [0.05, 0.1) is 5.54 Å². The average molecular weight is 234 g/mol. The minimum absolute atomic E-state index is 0.154. The summed E-state index contributed by atoms with van der Waals surface area (Å²) in [6.45, 7) is 1.81. The number of phenolic OH excluding ortho intramolecular Hbond substituents is 1. The van der Waals surface area contributed by atoms with Crippen LogP contribution >= 0.6 is 0 Å². The Kier molecular flexibility index (Phi) is 3.07. The molecule has 1 aromatic rings. The minimum Gasteiger partial charge on any atom is -0.508 e. The summed E-state index contributed by atoms with van der Waals surface area (Å²) in [5.74, 6) is 0.0264. The molecule has 17 heavy (non-hydrogen) atoms. The topological polar surface area (TPSA) is 75.4 Å². The van der Waals surface area contributed by atoms with Gasteiger partial charge in [0.15, 0.2) is 0 Å². The maximum absolute atomic E-state index is 12.0. The van der Waals surface area contributed by atoms with Gasteiger partial charge in [0.1, 0.15) is 5.75 Å². The number of amides is 1. The molecule has 0 atom stereocenters. The highest BCUT2D eigenvalue weighted by molar-refractivity contribution is 5.98. The SMILES string of the molecule is Cc1ccc(NC(=O)C2(N)CCCC2)cc1O. The molecule has 0 aromatic heterocycles. The highest BCUT2D eigenvalue weighted by Gasteiger charge is 2.36. The Balaban J connectivity index is 2.10. The fourth-order valence-electron chi connectivity index (χ4n) is 2.18. The van der Waals surface area contributed by atoms with E-state index in [2.05, 4.69) is 5.32 Å². The van der Waals surface area contributed by atoms with E-state index < -0.39 is 5.54 Å². The summed E-state index contributed by atoms with van der Waals surface area (Å²) < 4.78 is 0. The number of nitrogens with two attached hydrogens (primary N) is 1. The number of benzene rings is 1. The molecular weight excluding hydrogens is 216 g/mol. The predicted octanol–water partition coefficient (Wildman–Crippen LogP) is 1.91. The lowest BCUT2D eigenvalue weighted by Crippen LogP contribution is -2.48. The number of nitrogens with one attached hydrogen (secondary N) is 1. The van der Waals surface area contributed by atoms with Crippen molar-refractivity contribution in [2.24, 2.45) is 5.73 Å². The molecule has 0 heterocycles. The largest absolute Gasteiger partial charge is 0.508 e. The quantitative estimate of drug-likeness (QED) is 0.731. The van der Waals surface area contributed by atoms with Crippen LogP contribution < -0.4 is 11.1 Å². The van der Waals surface area contributed by atoms with E-state index in [1.165, 1.54) is 0 Å². The Hall–Kier alpha value is -1.55. The second-order valence-electron chi connectivity index (χ2n) is 4.82. The summed E-state index contributed by atoms with van der Waals surface area (Å²) in [5, 5.41) is 12.3. The summed E-state index contributed by atoms with van der Waals surface area (Å²) >= 11 is 0. The molecule has 1 amide bonds. The molecule has 1 aliphatic carbocycles. The highest BCUT2D eigenvalue weighted by atomic mass is 16.3. The van der Waals surface area contributed by atoms with Crippen LogP contribution in [0.15, 0.2) is 18.2 Å². The molecule has 0 bridgehead atoms. The number of phenols is 1. The van der Waals surface area contributed by atoms with Crippen molar-refractivity contribution in [2.75, 3.05) is 5.32 Å². The highest BCUT2D eigenvalue weighted by Crippen LogP contribution is 2.29. The van der Waals surface area contributed by atoms with Crippen molar-refractivity contribution in [3.05, 3.63) is 23.8 Å². The lowest BCUT2D eigenvalue weighted by Gasteiger charge is -2.22. The smallest absolute Gasteiger partial charge is 0.244 e. The number of anilines is 1. The molecule has 4 nitrogen and oxygen atoms in total. The molecule has 92 valence electrons. The second kappa shape index (κ2) is 4.37. The van der Waals surface area contributed by atoms with E-state index in [-0.39, 0.29) is 11.7 Å². The summed E-state index contributed by atoms with van der Waals surface area (Å²) in [6.07, 6.45) is 3.47. The third kappa shape index (κ3) is 2.42. The van der Waals surface area contributed by atoms with E-state index in [4.69, 9.17) is 5.73 Å². The van der Waals surface area contributed by atoms with Crippen LogP contribution in [0.3, 0.4) is 0 Å². The molecular formula is C13H18N2O2. The van der Waals surface area contributed by atoms with Crippen LogP contribution in [0.1, 0.15) is 31.2 Å². The van der Waals surface area contributed by atoms with E-state index >= 15 is 0 Å². The van der Waals surface area contributed by atoms with Gasteiger partial charge >= 0.3 is 0 Å². The second-order valence-corrected chi connectivity index (χ2v) is 4.82. The summed E-state index contributed by atoms with van der Waals surface area (Å²) in [4.78, 5) is 12.0. The van der Waals surface area contributed by atoms with Gasteiger partial charge in [0.2, 0.25) is 5.91 Å². The van der Waals surface area contributed by atoms with Gasteiger partial charge in [0, 0.05) is 11.8 Å². The maximum atomic E-state index is 12.0. The monoisotopic (exact) mass is 234 g/mol. The van der Waals surface area contributed by atoms with Crippen molar-refractivity contribution in [1.82, 2.24) is 0 Å². The number of aryl methyl sites for hydroxylation is 1. The number of rotatable bonds is 2. The van der Waals surface area contributed by atoms with Gasteiger partial charge in [0.25, 0.3) is 0 Å². The van der Waals surface area contributed by atoms with Crippen molar-refractivity contribution in [3.8, 4) is 5.75 Å². The van der Waals surface area contributed by atoms with Gasteiger partial charge in [-0.2, -0.15) is 0 Å². The van der Waals surface area contributed by atoms with E-state index in [0.717, 1.165) is 31.2 Å². The first-order valence-electron chi connectivity index (χ1n) is 5.91. The van der Waals surface area contributed by atoms with E-state index in [0.29, 0.717) is 5.69 Å². The number of carbonyl (C=O) groups excluding carboxylic acids is 1. The number of hydrogen-bond acceptors (Lipinski definition) is 3. The molecule has 1 saturated carbocycles. The molecule has 0 aliphatic heterocycles. The zero-order valence-electron chi connectivity index (χ0n) is 9.99. The molecule has 4 N–H and O–H groups in total. The molecule has 1 aliphatic rings. The van der Waals surface area contributed by atoms with E-state index in [9.17, 15) is 9.90 Å². The van der Waals surface area contributed by atoms with Gasteiger partial charge in [-0.3, -0.25) is 4.79 Å². The van der Waals surface area contributed by atoms with Crippen molar-refractivity contribution >= 4 is 11.6 Å². The first-order chi connectivity index (χ1) is 8.01. The molecule has 0 spiro atoms. The number of hydrogen-bond donors (Lipinski definition) is 3. The van der Waals surface area contributed by atoms with Crippen LogP contribution in [0.25, 0.3) is 0 Å². The normalized spacial score (nSPS) is 18.0. The Morgan fingerprint density at radius 1 is 1.41 bits per heavy atom. The average Bonchev–Trinajstić information content (AvgIpc) is 2.72. The van der Waals surface area contributed by atoms with Gasteiger partial charge < -0.3 is 16.2 Å². The molecule has 0 unspecified atom stereocenters. The lowest BCUT2D eigenvalue weighted by molar-refractivity contribution is -0.121. The van der Waals surface area contributed by atoms with Crippen LogP contribution in [-0.4, -0.2) is 16.6 Å². The fraction of sp³-hybridized carbons (Fsp3) is 0.462. The standard InChI is InChI=1S/C13H18N2O2/c1-9-4-5-10(8-11(9)16)15-12(17)13(14)6-2-3-7-13/h4-5,8,16H,2-3,6-7,14H2,1H3,(H,15,17). The third-order valence-corrected chi connectivity index (χ3v) is 3.41. The molecule has 1 aromatic carbocycles. The van der Waals surface area contributed by atoms with Crippen LogP contribution in [0.5, 0.6) is 5.75 Å². The van der Waals surface area contributed by atoms with Gasteiger partial charge in [-0.25, -0.2) is 0 Å². The molecule has 0 radical (unpaired) electrons. The zero-order valence-corrected chi connectivity index (χ0v) is 9.99. The third-order valence-electron chi connectivity index (χ3n) is 3.41. The van der Waals surface area contributed by atoms with Crippen LogP contribution in [-0.2, 0) is 4.79 Å². The first kappa shape index (κ1) is 11.9. The lowest BCUT2D eigenvalue weighted by atomic mass is 9.98. The Morgan fingerprint density at radius 2 is 2.06 bits per heavy atom. The van der Waals surface area contributed by atoms with Crippen LogP contribution in [0, 0.1) is 6.92 Å². The molecule has 1 fully saturated rings. The van der Waals surface area contributed by atoms with E-state index in [1.807, 2.05) is 6.92 Å². The molecule has 2 rings (SSSR count). The zero-order chi connectivity index (χ0) is 12.5. The Bertz CT molecular complexity index is 437. The minimum atomic E-state index is -0.736. The summed E-state index contributed by atoms with van der Waals surface area (Å²) in [5.41, 5.74) is 6.68. The van der Waals surface area contributed by atoms with E-state index in [1.54, 1.807) is 18.2 Å². The first-order valence-corrected chi connectivity index (χ1v) is 5.91. The van der Waals surface area contributed by atoms with Gasteiger partial charge in [-0.05, 0) is 31.4 Å². The van der Waals surface area contributed by atoms with Crippen LogP contribution in [0.2, 0.25) is 0 Å². The predicted molar refractivity (Wildman–Crippen MR) is 66.9 cm³/mol. The van der Waals surface area contributed by atoms with Crippen molar-refractivity contribution in [2.45, 2.75) is 38.1 Å². The fourth-order valence-corrected chi connectivity index (χ4v) is 2.18. The Labute approximate surface area is 101 Å². The van der Waals surface area contributed by atoms with Crippen molar-refractivity contribution in [1.29, 1.82) is 0 Å². The molecule has 4 heteroatoms.